The molecule has 0 aromatic heterocycles. The van der Waals surface area contributed by atoms with E-state index in [1.807, 2.05) is 44.2 Å². The van der Waals surface area contributed by atoms with Gasteiger partial charge in [0.25, 0.3) is 5.91 Å². The summed E-state index contributed by atoms with van der Waals surface area (Å²) in [7, 11) is 0. The number of esters is 1. The fraction of sp³-hybridized carbons (Fsp3) is 0.515. The molecular formula is C33H44N2O8. The van der Waals surface area contributed by atoms with Gasteiger partial charge >= 0.3 is 12.1 Å². The van der Waals surface area contributed by atoms with Crippen LogP contribution in [0.15, 0.2) is 54.6 Å². The van der Waals surface area contributed by atoms with Crippen molar-refractivity contribution in [3.63, 3.8) is 0 Å². The fourth-order valence-corrected chi connectivity index (χ4v) is 4.62. The Morgan fingerprint density at radius 1 is 1.00 bits per heavy atom. The van der Waals surface area contributed by atoms with Crippen molar-refractivity contribution in [1.82, 2.24) is 10.6 Å². The Morgan fingerprint density at radius 3 is 2.28 bits per heavy atom. The van der Waals surface area contributed by atoms with Crippen molar-refractivity contribution in [1.29, 1.82) is 0 Å². The highest BCUT2D eigenvalue weighted by molar-refractivity contribution is 5.88. The van der Waals surface area contributed by atoms with E-state index >= 15 is 0 Å². The Hall–Kier alpha value is -3.76. The maximum Gasteiger partial charge on any atom is 0.407 e. The summed E-state index contributed by atoms with van der Waals surface area (Å²) in [5, 5.41) is 5.67. The summed E-state index contributed by atoms with van der Waals surface area (Å²) in [6.07, 6.45) is 1.02. The summed E-state index contributed by atoms with van der Waals surface area (Å²) < 4.78 is 23.1. The second-order valence-electron chi connectivity index (χ2n) is 12.1. The Morgan fingerprint density at radius 2 is 1.70 bits per heavy atom. The molecule has 2 aromatic carbocycles. The number of ether oxygens (including phenoxy) is 4. The van der Waals surface area contributed by atoms with Crippen LogP contribution in [0.3, 0.4) is 0 Å². The number of rotatable bonds is 13. The predicted molar refractivity (Wildman–Crippen MR) is 161 cm³/mol. The highest BCUT2D eigenvalue weighted by atomic mass is 16.7. The van der Waals surface area contributed by atoms with E-state index in [4.69, 9.17) is 18.9 Å². The Balaban J connectivity index is 1.89. The fourth-order valence-electron chi connectivity index (χ4n) is 4.62. The highest BCUT2D eigenvalue weighted by Gasteiger charge is 2.37. The van der Waals surface area contributed by atoms with E-state index < -0.39 is 48.0 Å². The van der Waals surface area contributed by atoms with Crippen molar-refractivity contribution >= 4 is 24.3 Å². The van der Waals surface area contributed by atoms with Crippen LogP contribution in [-0.4, -0.2) is 60.9 Å². The van der Waals surface area contributed by atoms with Crippen LogP contribution in [0.1, 0.15) is 76.2 Å². The normalized spacial score (nSPS) is 17.3. The first-order chi connectivity index (χ1) is 20.4. The third kappa shape index (κ3) is 11.8. The molecule has 234 valence electrons. The van der Waals surface area contributed by atoms with Crippen LogP contribution in [0.2, 0.25) is 0 Å². The van der Waals surface area contributed by atoms with Gasteiger partial charge in [0.1, 0.15) is 23.7 Å². The second-order valence-corrected chi connectivity index (χ2v) is 12.1. The SMILES string of the molecule is CC(C)C[C@H](NC(=O)[C@@H](OC1CCCCO1)[C@@H](Cc1ccccc1)NC(=O)OC(C)(C)C)C(=O)Oc1ccc(C=O)cc1. The van der Waals surface area contributed by atoms with E-state index in [0.717, 1.165) is 18.4 Å². The van der Waals surface area contributed by atoms with E-state index in [-0.39, 0.29) is 18.1 Å². The highest BCUT2D eigenvalue weighted by Crippen LogP contribution is 2.21. The summed E-state index contributed by atoms with van der Waals surface area (Å²) >= 11 is 0. The molecule has 1 aliphatic rings. The molecule has 0 radical (unpaired) electrons. The molecule has 2 aromatic rings. The van der Waals surface area contributed by atoms with Crippen molar-refractivity contribution in [2.75, 3.05) is 6.61 Å². The zero-order valence-electron chi connectivity index (χ0n) is 25.7. The molecule has 1 saturated heterocycles. The zero-order chi connectivity index (χ0) is 31.4. The first-order valence-corrected chi connectivity index (χ1v) is 14.8. The molecule has 43 heavy (non-hydrogen) atoms. The molecule has 0 aliphatic carbocycles. The summed E-state index contributed by atoms with van der Waals surface area (Å²) in [4.78, 5) is 51.2. The van der Waals surface area contributed by atoms with Gasteiger partial charge in [-0.3, -0.25) is 9.59 Å². The van der Waals surface area contributed by atoms with E-state index in [0.29, 0.717) is 31.3 Å². The molecule has 1 unspecified atom stereocenters. The molecule has 10 nitrogen and oxygen atoms in total. The molecule has 4 atom stereocenters. The average molecular weight is 597 g/mol. The summed E-state index contributed by atoms with van der Waals surface area (Å²) in [5.41, 5.74) is 0.549. The maximum atomic E-state index is 14.0. The summed E-state index contributed by atoms with van der Waals surface area (Å²) in [6, 6.07) is 13.7. The van der Waals surface area contributed by atoms with Gasteiger partial charge in [-0.15, -0.1) is 0 Å². The minimum absolute atomic E-state index is 0.0383. The first kappa shape index (κ1) is 33.7. The monoisotopic (exact) mass is 596 g/mol. The van der Waals surface area contributed by atoms with Gasteiger partial charge in [-0.1, -0.05) is 44.2 Å². The lowest BCUT2D eigenvalue weighted by Gasteiger charge is -2.33. The van der Waals surface area contributed by atoms with Crippen molar-refractivity contribution in [2.45, 2.75) is 96.8 Å². The predicted octanol–water partition coefficient (Wildman–Crippen LogP) is 4.98. The molecule has 0 bridgehead atoms. The van der Waals surface area contributed by atoms with E-state index in [2.05, 4.69) is 10.6 Å². The van der Waals surface area contributed by atoms with Gasteiger partial charge in [-0.25, -0.2) is 9.59 Å². The molecule has 1 aliphatic heterocycles. The van der Waals surface area contributed by atoms with Crippen LogP contribution >= 0.6 is 0 Å². The topological polar surface area (TPSA) is 129 Å². The summed E-state index contributed by atoms with van der Waals surface area (Å²) in [5.74, 6) is -0.967. The van der Waals surface area contributed by atoms with E-state index in [1.54, 1.807) is 20.8 Å². The van der Waals surface area contributed by atoms with E-state index in [1.165, 1.54) is 24.3 Å². The van der Waals surface area contributed by atoms with E-state index in [9.17, 15) is 19.2 Å². The lowest BCUT2D eigenvalue weighted by Crippen LogP contribution is -2.57. The van der Waals surface area contributed by atoms with Crippen LogP contribution in [0.4, 0.5) is 4.79 Å². The largest absolute Gasteiger partial charge is 0.444 e. The van der Waals surface area contributed by atoms with Crippen molar-refractivity contribution in [2.24, 2.45) is 5.92 Å². The molecule has 1 heterocycles. The molecule has 2 amide bonds. The second kappa shape index (κ2) is 16.2. The Labute approximate surface area is 253 Å². The maximum absolute atomic E-state index is 14.0. The third-order valence-corrected chi connectivity index (χ3v) is 6.60. The van der Waals surface area contributed by atoms with Crippen LogP contribution in [-0.2, 0) is 30.2 Å². The minimum Gasteiger partial charge on any atom is -0.444 e. The van der Waals surface area contributed by atoms with Crippen LogP contribution in [0, 0.1) is 5.92 Å². The zero-order valence-corrected chi connectivity index (χ0v) is 25.7. The first-order valence-electron chi connectivity index (χ1n) is 14.8. The van der Waals surface area contributed by atoms with Crippen molar-refractivity contribution < 1.29 is 38.1 Å². The number of hydrogen-bond acceptors (Lipinski definition) is 8. The van der Waals surface area contributed by atoms with Crippen molar-refractivity contribution in [3.8, 4) is 5.75 Å². The summed E-state index contributed by atoms with van der Waals surface area (Å²) in [6.45, 7) is 9.61. The molecule has 0 spiro atoms. The van der Waals surface area contributed by atoms with Crippen LogP contribution < -0.4 is 15.4 Å². The smallest absolute Gasteiger partial charge is 0.407 e. The van der Waals surface area contributed by atoms with Crippen LogP contribution in [0.25, 0.3) is 0 Å². The van der Waals surface area contributed by atoms with Gasteiger partial charge in [0, 0.05) is 12.2 Å². The molecule has 3 rings (SSSR count). The number of amides is 2. The minimum atomic E-state index is -1.22. The number of aldehydes is 1. The van der Waals surface area contributed by atoms with Gasteiger partial charge in [-0.05, 0) is 88.6 Å². The average Bonchev–Trinajstić information content (AvgIpc) is 2.95. The molecule has 2 N–H and O–H groups in total. The molecule has 1 fully saturated rings. The number of hydrogen-bond donors (Lipinski definition) is 2. The van der Waals surface area contributed by atoms with Gasteiger partial charge in [0.05, 0.1) is 6.04 Å². The standard InChI is InChI=1S/C33H44N2O8/c1-22(2)19-27(31(38)41-25-16-14-24(21-36)15-17-25)34-30(37)29(42-28-13-9-10-18-40-28)26(20-23-11-7-6-8-12-23)35-32(39)43-33(3,4)5/h6-8,11-12,14-17,21-22,26-29H,9-10,13,18-20H2,1-5H3,(H,34,37)(H,35,39)/t26-,27+,28?,29+/m1/s1. The van der Waals surface area contributed by atoms with Crippen molar-refractivity contribution in [3.05, 3.63) is 65.7 Å². The molecule has 10 heteroatoms. The van der Waals surface area contributed by atoms with Gasteiger partial charge in [0.15, 0.2) is 12.4 Å². The number of carbonyl (C=O) groups excluding carboxylic acids is 4. The lowest BCUT2D eigenvalue weighted by atomic mass is 9.99. The van der Waals surface area contributed by atoms with Crippen LogP contribution in [0.5, 0.6) is 5.75 Å². The lowest BCUT2D eigenvalue weighted by molar-refractivity contribution is -0.197. The third-order valence-electron chi connectivity index (χ3n) is 6.60. The van der Waals surface area contributed by atoms with Gasteiger partial charge < -0.3 is 29.6 Å². The Bertz CT molecular complexity index is 1190. The molecular weight excluding hydrogens is 552 g/mol. The molecule has 0 saturated carbocycles. The number of nitrogens with one attached hydrogen (secondary N) is 2. The number of benzene rings is 2. The Kier molecular flexibility index (Phi) is 12.7. The number of carbonyl (C=O) groups is 4. The number of alkyl carbamates (subject to hydrolysis) is 1. The quantitative estimate of drug-likeness (QED) is 0.188. The van der Waals surface area contributed by atoms with Gasteiger partial charge in [0.2, 0.25) is 0 Å². The van der Waals surface area contributed by atoms with Gasteiger partial charge in [-0.2, -0.15) is 0 Å².